The van der Waals surface area contributed by atoms with Gasteiger partial charge in [-0.05, 0) is 30.7 Å². The van der Waals surface area contributed by atoms with Crippen LogP contribution in [0.4, 0.5) is 0 Å². The molecule has 0 N–H and O–H groups in total. The van der Waals surface area contributed by atoms with Crippen LogP contribution in [0.3, 0.4) is 0 Å². The van der Waals surface area contributed by atoms with Gasteiger partial charge in [0.25, 0.3) is 0 Å². The van der Waals surface area contributed by atoms with Crippen LogP contribution in [0, 0.1) is 0 Å². The Hall–Kier alpha value is -2.34. The zero-order chi connectivity index (χ0) is 17.8. The molecule has 3 atom stereocenters. The molecule has 0 aromatic heterocycles. The van der Waals surface area contributed by atoms with Crippen molar-refractivity contribution < 1.29 is 17.9 Å². The Morgan fingerprint density at radius 3 is 2.44 bits per heavy atom. The number of para-hydroxylation sites is 1. The smallest absolute Gasteiger partial charge is 0.244 e. The summed E-state index contributed by atoms with van der Waals surface area (Å²) in [5, 5.41) is -1.14. The van der Waals surface area contributed by atoms with Gasteiger partial charge in [-0.3, -0.25) is 4.79 Å². The molecule has 1 amide bonds. The van der Waals surface area contributed by atoms with Crippen LogP contribution in [0.25, 0.3) is 0 Å². The zero-order valence-corrected chi connectivity index (χ0v) is 14.9. The Balaban J connectivity index is 1.91. The first-order chi connectivity index (χ1) is 11.8. The maximum atomic E-state index is 13.3. The lowest BCUT2D eigenvalue weighted by atomic mass is 9.80. The van der Waals surface area contributed by atoms with E-state index in [-0.39, 0.29) is 4.90 Å². The molecule has 25 heavy (non-hydrogen) atoms. The first-order valence-electron chi connectivity index (χ1n) is 8.19. The summed E-state index contributed by atoms with van der Waals surface area (Å²) in [7, 11) is -2.20. The molecule has 0 unspecified atom stereocenters. The molecule has 5 nitrogen and oxygen atoms in total. The highest BCUT2D eigenvalue weighted by Crippen LogP contribution is 2.49. The predicted octanol–water partition coefficient (Wildman–Crippen LogP) is 2.58. The number of carbonyl (C=O) groups excluding carboxylic acids is 1. The number of hydrogen-bond acceptors (Lipinski definition) is 4. The average Bonchev–Trinajstić information content (AvgIpc) is 2.60. The van der Waals surface area contributed by atoms with Gasteiger partial charge in [-0.1, -0.05) is 36.4 Å². The maximum absolute atomic E-state index is 13.3. The molecule has 2 aliphatic rings. The van der Waals surface area contributed by atoms with Crippen LogP contribution >= 0.6 is 0 Å². The minimum absolute atomic E-state index is 0.175. The summed E-state index contributed by atoms with van der Waals surface area (Å²) in [4.78, 5) is 14.7. The molecular weight excluding hydrogens is 338 g/mol. The minimum Gasteiger partial charge on any atom is -0.468 e. The SMILES string of the molecule is CN1C(=O)[C@H](S(=O)(=O)c2ccccc2)[C@H]2C[C@@]1(C)Oc1ccccc12. The van der Waals surface area contributed by atoms with Crippen LogP contribution in [0.1, 0.15) is 24.8 Å². The second kappa shape index (κ2) is 5.33. The van der Waals surface area contributed by atoms with Crippen molar-refractivity contribution in [3.05, 3.63) is 60.2 Å². The number of amides is 1. The van der Waals surface area contributed by atoms with Crippen molar-refractivity contribution in [1.29, 1.82) is 0 Å². The van der Waals surface area contributed by atoms with Gasteiger partial charge in [0, 0.05) is 19.4 Å². The first kappa shape index (κ1) is 16.1. The third kappa shape index (κ3) is 2.28. The number of likely N-dealkylation sites (tertiary alicyclic amines) is 1. The molecule has 2 aliphatic heterocycles. The molecule has 0 radical (unpaired) electrons. The van der Waals surface area contributed by atoms with Crippen LogP contribution in [0.15, 0.2) is 59.5 Å². The lowest BCUT2D eigenvalue weighted by Gasteiger charge is -2.51. The van der Waals surface area contributed by atoms with Gasteiger partial charge < -0.3 is 9.64 Å². The molecular formula is C19H19NO4S. The van der Waals surface area contributed by atoms with Gasteiger partial charge in [0.1, 0.15) is 5.75 Å². The number of fused-ring (bicyclic) bond motifs is 4. The fourth-order valence-corrected chi connectivity index (χ4v) is 5.78. The van der Waals surface area contributed by atoms with Crippen LogP contribution < -0.4 is 4.74 Å². The quantitative estimate of drug-likeness (QED) is 0.829. The van der Waals surface area contributed by atoms with Crippen molar-refractivity contribution >= 4 is 15.7 Å². The van der Waals surface area contributed by atoms with E-state index in [0.717, 1.165) is 5.56 Å². The Morgan fingerprint density at radius 2 is 1.72 bits per heavy atom. The van der Waals surface area contributed by atoms with E-state index in [1.807, 2.05) is 31.2 Å². The predicted molar refractivity (Wildman–Crippen MR) is 93.0 cm³/mol. The molecule has 6 heteroatoms. The number of hydrogen-bond donors (Lipinski definition) is 0. The highest BCUT2D eigenvalue weighted by Gasteiger charge is 2.56. The second-order valence-electron chi connectivity index (χ2n) is 6.80. The molecule has 0 spiro atoms. The lowest BCUT2D eigenvalue weighted by molar-refractivity contribution is -0.159. The van der Waals surface area contributed by atoms with Crippen molar-refractivity contribution in [2.45, 2.75) is 35.1 Å². The summed E-state index contributed by atoms with van der Waals surface area (Å²) in [6, 6.07) is 15.6. The summed E-state index contributed by atoms with van der Waals surface area (Å²) >= 11 is 0. The molecule has 2 bridgehead atoms. The molecule has 2 heterocycles. The lowest BCUT2D eigenvalue weighted by Crippen LogP contribution is -2.64. The number of sulfone groups is 1. The third-order valence-electron chi connectivity index (χ3n) is 5.30. The molecule has 4 rings (SSSR count). The summed E-state index contributed by atoms with van der Waals surface area (Å²) in [5.74, 6) is -0.199. The van der Waals surface area contributed by atoms with Crippen LogP contribution in [0.2, 0.25) is 0 Å². The Morgan fingerprint density at radius 1 is 1.08 bits per heavy atom. The normalized spacial score (nSPS) is 28.2. The van der Waals surface area contributed by atoms with Crippen molar-refractivity contribution in [3.63, 3.8) is 0 Å². The Bertz CT molecular complexity index is 941. The average molecular weight is 357 g/mol. The van der Waals surface area contributed by atoms with Gasteiger partial charge in [0.15, 0.2) is 20.8 Å². The summed E-state index contributed by atoms with van der Waals surface area (Å²) in [5.41, 5.74) is -0.0512. The van der Waals surface area contributed by atoms with Crippen LogP contribution in [0.5, 0.6) is 5.75 Å². The van der Waals surface area contributed by atoms with E-state index in [0.29, 0.717) is 12.2 Å². The van der Waals surface area contributed by atoms with Crippen molar-refractivity contribution in [3.8, 4) is 5.75 Å². The summed E-state index contributed by atoms with van der Waals surface area (Å²) in [6.07, 6.45) is 0.447. The van der Waals surface area contributed by atoms with E-state index in [1.54, 1.807) is 37.4 Å². The molecule has 1 saturated heterocycles. The van der Waals surface area contributed by atoms with E-state index in [1.165, 1.54) is 4.90 Å². The molecule has 130 valence electrons. The number of ether oxygens (including phenoxy) is 1. The maximum Gasteiger partial charge on any atom is 0.244 e. The summed E-state index contributed by atoms with van der Waals surface area (Å²) < 4.78 is 32.6. The highest BCUT2D eigenvalue weighted by molar-refractivity contribution is 7.92. The fourth-order valence-electron chi connectivity index (χ4n) is 3.85. The van der Waals surface area contributed by atoms with Crippen molar-refractivity contribution in [1.82, 2.24) is 4.90 Å². The molecule has 2 aromatic carbocycles. The third-order valence-corrected chi connectivity index (χ3v) is 7.43. The topological polar surface area (TPSA) is 63.7 Å². The zero-order valence-electron chi connectivity index (χ0n) is 14.0. The van der Waals surface area contributed by atoms with E-state index in [2.05, 4.69) is 0 Å². The van der Waals surface area contributed by atoms with Gasteiger partial charge in [-0.2, -0.15) is 0 Å². The van der Waals surface area contributed by atoms with E-state index < -0.39 is 32.6 Å². The standard InChI is InChI=1S/C19H19NO4S/c1-19-12-15(14-10-6-7-11-16(14)24-19)17(18(21)20(19)2)25(22,23)13-8-4-3-5-9-13/h3-11,15,17H,12H2,1-2H3/t15-,17+,19+/m0/s1. The van der Waals surface area contributed by atoms with Gasteiger partial charge in [-0.15, -0.1) is 0 Å². The first-order valence-corrected chi connectivity index (χ1v) is 9.74. The summed E-state index contributed by atoms with van der Waals surface area (Å²) in [6.45, 7) is 1.83. The highest BCUT2D eigenvalue weighted by atomic mass is 32.2. The van der Waals surface area contributed by atoms with Crippen molar-refractivity contribution in [2.75, 3.05) is 7.05 Å². The molecule has 0 saturated carbocycles. The van der Waals surface area contributed by atoms with Gasteiger partial charge in [0.05, 0.1) is 4.90 Å². The Labute approximate surface area is 147 Å². The fraction of sp³-hybridized carbons (Fsp3) is 0.316. The number of rotatable bonds is 2. The second-order valence-corrected chi connectivity index (χ2v) is 8.87. The van der Waals surface area contributed by atoms with Crippen LogP contribution in [-0.4, -0.2) is 37.2 Å². The number of carbonyl (C=O) groups is 1. The number of nitrogens with zero attached hydrogens (tertiary/aromatic N) is 1. The number of benzene rings is 2. The van der Waals surface area contributed by atoms with Gasteiger partial charge >= 0.3 is 0 Å². The largest absolute Gasteiger partial charge is 0.468 e. The van der Waals surface area contributed by atoms with E-state index >= 15 is 0 Å². The van der Waals surface area contributed by atoms with Crippen LogP contribution in [-0.2, 0) is 14.6 Å². The van der Waals surface area contributed by atoms with Crippen molar-refractivity contribution in [2.24, 2.45) is 0 Å². The number of piperidine rings is 1. The van der Waals surface area contributed by atoms with Gasteiger partial charge in [-0.25, -0.2) is 8.42 Å². The molecule has 1 fully saturated rings. The van der Waals surface area contributed by atoms with E-state index in [9.17, 15) is 13.2 Å². The minimum atomic E-state index is -3.81. The Kier molecular flexibility index (Phi) is 3.44. The van der Waals surface area contributed by atoms with Gasteiger partial charge in [0.2, 0.25) is 5.91 Å². The monoisotopic (exact) mass is 357 g/mol. The molecule has 0 aliphatic carbocycles. The molecule has 2 aromatic rings. The van der Waals surface area contributed by atoms with E-state index in [4.69, 9.17) is 4.74 Å².